The second kappa shape index (κ2) is 9.57. The molecular formula is C21H30N4O3. The Morgan fingerprint density at radius 2 is 2.18 bits per heavy atom. The van der Waals surface area contributed by atoms with Crippen molar-refractivity contribution in [2.45, 2.75) is 59.0 Å². The normalized spacial score (nSPS) is 13.8. The van der Waals surface area contributed by atoms with Gasteiger partial charge >= 0.3 is 0 Å². The summed E-state index contributed by atoms with van der Waals surface area (Å²) in [6.45, 7) is 6.52. The third-order valence-electron chi connectivity index (χ3n) is 4.88. The monoisotopic (exact) mass is 386 g/mol. The molecule has 0 aromatic carbocycles. The van der Waals surface area contributed by atoms with Gasteiger partial charge in [0.15, 0.2) is 0 Å². The minimum absolute atomic E-state index is 0.0779. The van der Waals surface area contributed by atoms with Crippen molar-refractivity contribution in [3.05, 3.63) is 46.1 Å². The predicted octanol–water partition coefficient (Wildman–Crippen LogP) is 2.63. The van der Waals surface area contributed by atoms with Crippen LogP contribution >= 0.6 is 0 Å². The van der Waals surface area contributed by atoms with Crippen LogP contribution in [0.25, 0.3) is 0 Å². The van der Waals surface area contributed by atoms with Gasteiger partial charge in [0.1, 0.15) is 11.3 Å². The molecule has 0 saturated carbocycles. The van der Waals surface area contributed by atoms with Gasteiger partial charge in [0.25, 0.3) is 11.5 Å². The molecule has 3 rings (SSSR count). The number of amides is 1. The average molecular weight is 386 g/mol. The molecule has 0 atom stereocenters. The second-order valence-corrected chi connectivity index (χ2v) is 7.71. The average Bonchev–Trinajstić information content (AvgIpc) is 3.06. The molecular weight excluding hydrogens is 356 g/mol. The molecule has 2 aromatic heterocycles. The Morgan fingerprint density at radius 3 is 2.93 bits per heavy atom. The Morgan fingerprint density at radius 1 is 1.32 bits per heavy atom. The van der Waals surface area contributed by atoms with E-state index in [1.165, 1.54) is 6.07 Å². The molecule has 152 valence electrons. The topological polar surface area (TPSA) is 78.1 Å². The van der Waals surface area contributed by atoms with E-state index in [9.17, 15) is 9.59 Å². The Labute approximate surface area is 165 Å². The zero-order valence-electron chi connectivity index (χ0n) is 16.8. The van der Waals surface area contributed by atoms with Gasteiger partial charge in [-0.3, -0.25) is 14.3 Å². The maximum absolute atomic E-state index is 13.0. The van der Waals surface area contributed by atoms with Gasteiger partial charge in [0.2, 0.25) is 0 Å². The number of carbonyl (C=O) groups is 1. The van der Waals surface area contributed by atoms with Crippen LogP contribution in [-0.2, 0) is 19.5 Å². The highest BCUT2D eigenvalue weighted by atomic mass is 16.5. The van der Waals surface area contributed by atoms with Crippen LogP contribution in [-0.4, -0.2) is 33.4 Å². The van der Waals surface area contributed by atoms with Crippen LogP contribution in [0.5, 0.6) is 5.75 Å². The summed E-state index contributed by atoms with van der Waals surface area (Å²) in [7, 11) is 0. The highest BCUT2D eigenvalue weighted by Crippen LogP contribution is 2.25. The van der Waals surface area contributed by atoms with Crippen molar-refractivity contribution in [3.8, 4) is 5.75 Å². The number of ether oxygens (including phenoxy) is 1. The second-order valence-electron chi connectivity index (χ2n) is 7.71. The van der Waals surface area contributed by atoms with Gasteiger partial charge in [-0.15, -0.1) is 0 Å². The number of hydrogen-bond donors (Lipinski definition) is 1. The zero-order chi connectivity index (χ0) is 19.9. The smallest absolute Gasteiger partial charge is 0.256 e. The lowest BCUT2D eigenvalue weighted by molar-refractivity contribution is 0.0945. The van der Waals surface area contributed by atoms with Crippen LogP contribution in [0.4, 0.5) is 0 Å². The quantitative estimate of drug-likeness (QED) is 0.708. The molecule has 0 unspecified atom stereocenters. The summed E-state index contributed by atoms with van der Waals surface area (Å²) in [5.74, 6) is 0.563. The number of nitrogens with zero attached hydrogens (tertiary/aromatic N) is 3. The van der Waals surface area contributed by atoms with Crippen LogP contribution in [0.1, 0.15) is 55.6 Å². The highest BCUT2D eigenvalue weighted by molar-refractivity contribution is 5.98. The Hall–Kier alpha value is -2.57. The fraction of sp³-hybridized carbons (Fsp3) is 0.571. The van der Waals surface area contributed by atoms with E-state index in [1.807, 2.05) is 30.8 Å². The lowest BCUT2D eigenvalue weighted by Gasteiger charge is -2.19. The molecule has 7 heteroatoms. The third kappa shape index (κ3) is 5.03. The molecule has 1 aliphatic rings. The fourth-order valence-corrected chi connectivity index (χ4v) is 3.49. The largest absolute Gasteiger partial charge is 0.492 e. The molecule has 3 heterocycles. The van der Waals surface area contributed by atoms with Crippen LogP contribution in [0.15, 0.2) is 29.3 Å². The molecule has 0 bridgehead atoms. The standard InChI is InChI=1S/C21H30N4O3/c1-16(2)15-28-18-14-19(26)25-13-5-3-4-8-17(25)20(18)21(27)22-9-6-11-24-12-7-10-23-24/h7,10,12,14,16H,3-6,8-9,11,13,15H2,1-2H3,(H,22,27). The molecule has 2 aromatic rings. The molecule has 1 amide bonds. The van der Waals surface area contributed by atoms with Gasteiger partial charge < -0.3 is 14.6 Å². The molecule has 0 spiro atoms. The first-order valence-corrected chi connectivity index (χ1v) is 10.2. The summed E-state index contributed by atoms with van der Waals surface area (Å²) in [5.41, 5.74) is 1.26. The predicted molar refractivity (Wildman–Crippen MR) is 108 cm³/mol. The lowest BCUT2D eigenvalue weighted by Crippen LogP contribution is -2.32. The molecule has 0 aliphatic carbocycles. The zero-order valence-corrected chi connectivity index (χ0v) is 16.8. The lowest BCUT2D eigenvalue weighted by atomic mass is 10.1. The molecule has 1 N–H and O–H groups in total. The summed E-state index contributed by atoms with van der Waals surface area (Å²) in [4.78, 5) is 25.6. The Bertz CT molecular complexity index is 840. The van der Waals surface area contributed by atoms with E-state index < -0.39 is 0 Å². The number of carbonyl (C=O) groups excluding carboxylic acids is 1. The first kappa shape index (κ1) is 20.2. The number of nitrogens with one attached hydrogen (secondary N) is 1. The van der Waals surface area contributed by atoms with Gasteiger partial charge in [-0.25, -0.2) is 0 Å². The van der Waals surface area contributed by atoms with Crippen LogP contribution < -0.4 is 15.6 Å². The maximum atomic E-state index is 13.0. The van der Waals surface area contributed by atoms with Gasteiger partial charge in [-0.05, 0) is 37.7 Å². The summed E-state index contributed by atoms with van der Waals surface area (Å²) < 4.78 is 9.49. The van der Waals surface area contributed by atoms with Gasteiger partial charge in [-0.2, -0.15) is 5.10 Å². The fourth-order valence-electron chi connectivity index (χ4n) is 3.49. The number of rotatable bonds is 8. The van der Waals surface area contributed by atoms with E-state index in [0.29, 0.717) is 36.9 Å². The number of aromatic nitrogens is 3. The van der Waals surface area contributed by atoms with E-state index in [1.54, 1.807) is 10.8 Å². The maximum Gasteiger partial charge on any atom is 0.256 e. The van der Waals surface area contributed by atoms with E-state index in [-0.39, 0.29) is 11.5 Å². The van der Waals surface area contributed by atoms with Crippen molar-refractivity contribution < 1.29 is 9.53 Å². The minimum Gasteiger partial charge on any atom is -0.492 e. The SMILES string of the molecule is CC(C)COc1cc(=O)n2c(c1C(=O)NCCCn1cccn1)CCCCC2. The van der Waals surface area contributed by atoms with Gasteiger partial charge in [0.05, 0.1) is 6.61 Å². The summed E-state index contributed by atoms with van der Waals surface area (Å²) >= 11 is 0. The third-order valence-corrected chi connectivity index (χ3v) is 4.88. The highest BCUT2D eigenvalue weighted by Gasteiger charge is 2.23. The Kier molecular flexibility index (Phi) is 6.90. The van der Waals surface area contributed by atoms with Crippen molar-refractivity contribution in [3.63, 3.8) is 0 Å². The first-order chi connectivity index (χ1) is 13.6. The molecule has 0 saturated heterocycles. The van der Waals surface area contributed by atoms with Crippen molar-refractivity contribution in [2.24, 2.45) is 5.92 Å². The molecule has 28 heavy (non-hydrogen) atoms. The molecule has 0 fully saturated rings. The van der Waals surface area contributed by atoms with Gasteiger partial charge in [0, 0.05) is 43.8 Å². The molecule has 1 aliphatic heterocycles. The first-order valence-electron chi connectivity index (χ1n) is 10.2. The van der Waals surface area contributed by atoms with Crippen LogP contribution in [0, 0.1) is 5.92 Å². The van der Waals surface area contributed by atoms with E-state index in [2.05, 4.69) is 10.4 Å². The van der Waals surface area contributed by atoms with E-state index in [4.69, 9.17) is 4.74 Å². The van der Waals surface area contributed by atoms with Gasteiger partial charge in [-0.1, -0.05) is 20.3 Å². The Balaban J connectivity index is 1.79. The number of aryl methyl sites for hydroxylation is 1. The number of hydrogen-bond acceptors (Lipinski definition) is 4. The molecule has 7 nitrogen and oxygen atoms in total. The van der Waals surface area contributed by atoms with Crippen LogP contribution in [0.2, 0.25) is 0 Å². The summed E-state index contributed by atoms with van der Waals surface area (Å²) in [5, 5.41) is 7.17. The van der Waals surface area contributed by atoms with Crippen molar-refractivity contribution >= 4 is 5.91 Å². The number of pyridine rings is 1. The summed E-state index contributed by atoms with van der Waals surface area (Å²) in [6, 6.07) is 3.36. The minimum atomic E-state index is -0.162. The van der Waals surface area contributed by atoms with Crippen molar-refractivity contribution in [1.82, 2.24) is 19.7 Å². The molecule has 0 radical (unpaired) electrons. The number of fused-ring (bicyclic) bond motifs is 1. The van der Waals surface area contributed by atoms with Crippen LogP contribution in [0.3, 0.4) is 0 Å². The summed E-state index contributed by atoms with van der Waals surface area (Å²) in [6.07, 6.45) is 8.16. The van der Waals surface area contributed by atoms with E-state index in [0.717, 1.165) is 44.3 Å². The van der Waals surface area contributed by atoms with Crippen molar-refractivity contribution in [2.75, 3.05) is 13.2 Å². The van der Waals surface area contributed by atoms with Crippen molar-refractivity contribution in [1.29, 1.82) is 0 Å². The van der Waals surface area contributed by atoms with E-state index >= 15 is 0 Å².